The second-order valence-corrected chi connectivity index (χ2v) is 6.42. The summed E-state index contributed by atoms with van der Waals surface area (Å²) in [5.74, 6) is -0.208. The molecule has 0 fully saturated rings. The van der Waals surface area contributed by atoms with Gasteiger partial charge in [0.1, 0.15) is 28.7 Å². The summed E-state index contributed by atoms with van der Waals surface area (Å²) in [5, 5.41) is 7.01. The molecule has 4 rings (SSSR count). The molecule has 1 N–H and O–H groups in total. The van der Waals surface area contributed by atoms with E-state index in [-0.39, 0.29) is 11.4 Å². The van der Waals surface area contributed by atoms with E-state index >= 15 is 0 Å². The summed E-state index contributed by atoms with van der Waals surface area (Å²) in [6.07, 6.45) is 1.65. The van der Waals surface area contributed by atoms with Crippen LogP contribution < -0.4 is 5.32 Å². The molecule has 3 heterocycles. The van der Waals surface area contributed by atoms with Crippen molar-refractivity contribution >= 4 is 11.7 Å². The van der Waals surface area contributed by atoms with Gasteiger partial charge in [-0.25, -0.2) is 19.0 Å². The highest BCUT2D eigenvalue weighted by Gasteiger charge is 2.18. The number of aromatic nitrogens is 5. The highest BCUT2D eigenvalue weighted by atomic mass is 19.1. The molecule has 29 heavy (non-hydrogen) atoms. The van der Waals surface area contributed by atoms with Gasteiger partial charge in [-0.2, -0.15) is 5.10 Å². The molecule has 1 amide bonds. The van der Waals surface area contributed by atoms with Gasteiger partial charge < -0.3 is 5.32 Å². The first-order valence-corrected chi connectivity index (χ1v) is 8.91. The molecule has 0 radical (unpaired) electrons. The Bertz CT molecular complexity index is 1190. The number of rotatable bonds is 4. The van der Waals surface area contributed by atoms with Crippen molar-refractivity contribution in [2.24, 2.45) is 0 Å². The molecule has 0 aliphatic heterocycles. The highest BCUT2D eigenvalue weighted by Crippen LogP contribution is 2.19. The molecule has 144 valence electrons. The monoisotopic (exact) mass is 388 g/mol. The van der Waals surface area contributed by atoms with Gasteiger partial charge in [0.05, 0.1) is 5.69 Å². The van der Waals surface area contributed by atoms with Gasteiger partial charge in [-0.1, -0.05) is 18.2 Å². The first-order chi connectivity index (χ1) is 14.0. The fourth-order valence-corrected chi connectivity index (χ4v) is 2.89. The van der Waals surface area contributed by atoms with Gasteiger partial charge in [0.25, 0.3) is 5.91 Å². The lowest BCUT2D eigenvalue weighted by molar-refractivity contribution is 0.101. The van der Waals surface area contributed by atoms with Gasteiger partial charge in [-0.15, -0.1) is 0 Å². The zero-order valence-corrected chi connectivity index (χ0v) is 15.8. The highest BCUT2D eigenvalue weighted by molar-refractivity contribution is 6.03. The van der Waals surface area contributed by atoms with Gasteiger partial charge >= 0.3 is 0 Å². The zero-order chi connectivity index (χ0) is 20.4. The lowest BCUT2D eigenvalue weighted by Gasteiger charge is -2.10. The number of aryl methyl sites for hydroxylation is 2. The standard InChI is InChI=1S/C21H17FN6O/c1-13-12-19(25-20(24-13)16-8-5-6-10-23-16)26-21(29)18-11-14(2)27-28(18)17-9-4-3-7-15(17)22/h3-12H,1-2H3,(H,24,25,26,29). The Morgan fingerprint density at radius 2 is 1.79 bits per heavy atom. The van der Waals surface area contributed by atoms with Crippen LogP contribution >= 0.6 is 0 Å². The summed E-state index contributed by atoms with van der Waals surface area (Å²) in [6.45, 7) is 3.54. The van der Waals surface area contributed by atoms with Gasteiger partial charge in [0.15, 0.2) is 5.82 Å². The van der Waals surface area contributed by atoms with Crippen molar-refractivity contribution in [3.05, 3.63) is 83.7 Å². The van der Waals surface area contributed by atoms with E-state index in [2.05, 4.69) is 25.4 Å². The van der Waals surface area contributed by atoms with Gasteiger partial charge in [-0.05, 0) is 44.2 Å². The summed E-state index contributed by atoms with van der Waals surface area (Å²) < 4.78 is 15.5. The molecule has 0 spiro atoms. The minimum atomic E-state index is -0.472. The van der Waals surface area contributed by atoms with Crippen LogP contribution in [0, 0.1) is 19.7 Å². The number of pyridine rings is 1. The summed E-state index contributed by atoms with van der Waals surface area (Å²) >= 11 is 0. The summed E-state index contributed by atoms with van der Waals surface area (Å²) in [4.78, 5) is 25.9. The van der Waals surface area contributed by atoms with Crippen LogP contribution in [-0.2, 0) is 0 Å². The topological polar surface area (TPSA) is 85.6 Å². The lowest BCUT2D eigenvalue weighted by Crippen LogP contribution is -2.18. The van der Waals surface area contributed by atoms with Crippen LogP contribution in [0.2, 0.25) is 0 Å². The molecule has 0 aliphatic carbocycles. The molecule has 0 saturated carbocycles. The third-order valence-corrected chi connectivity index (χ3v) is 4.13. The molecule has 4 aromatic rings. The van der Waals surface area contributed by atoms with E-state index < -0.39 is 11.7 Å². The summed E-state index contributed by atoms with van der Waals surface area (Å²) in [7, 11) is 0. The molecular formula is C21H17FN6O. The Labute approximate surface area is 166 Å². The number of amides is 1. The van der Waals surface area contributed by atoms with E-state index in [1.807, 2.05) is 6.07 Å². The molecule has 7 nitrogen and oxygen atoms in total. The molecule has 8 heteroatoms. The Morgan fingerprint density at radius 3 is 2.55 bits per heavy atom. The predicted octanol–water partition coefficient (Wildman–Crippen LogP) is 3.73. The molecular weight excluding hydrogens is 371 g/mol. The average Bonchev–Trinajstić information content (AvgIpc) is 3.10. The molecule has 0 unspecified atom stereocenters. The largest absolute Gasteiger partial charge is 0.305 e. The van der Waals surface area contributed by atoms with E-state index in [9.17, 15) is 9.18 Å². The minimum absolute atomic E-state index is 0.193. The third-order valence-electron chi connectivity index (χ3n) is 4.13. The van der Waals surface area contributed by atoms with Crippen LogP contribution in [0.1, 0.15) is 21.9 Å². The number of carbonyl (C=O) groups is 1. The van der Waals surface area contributed by atoms with E-state index in [1.165, 1.54) is 10.7 Å². The van der Waals surface area contributed by atoms with Crippen LogP contribution in [-0.4, -0.2) is 30.6 Å². The summed E-state index contributed by atoms with van der Waals surface area (Å²) in [6, 6.07) is 14.8. The van der Waals surface area contributed by atoms with Gasteiger partial charge in [0.2, 0.25) is 0 Å². The smallest absolute Gasteiger partial charge is 0.275 e. The van der Waals surface area contributed by atoms with Crippen molar-refractivity contribution in [1.29, 1.82) is 0 Å². The third kappa shape index (κ3) is 3.86. The summed E-state index contributed by atoms with van der Waals surface area (Å²) in [5.41, 5.74) is 2.25. The maximum Gasteiger partial charge on any atom is 0.275 e. The number of nitrogens with zero attached hydrogens (tertiary/aromatic N) is 5. The Morgan fingerprint density at radius 1 is 1.00 bits per heavy atom. The van der Waals surface area contributed by atoms with Crippen LogP contribution in [0.5, 0.6) is 0 Å². The van der Waals surface area contributed by atoms with E-state index in [4.69, 9.17) is 0 Å². The number of para-hydroxylation sites is 1. The van der Waals surface area contributed by atoms with Crippen LogP contribution in [0.15, 0.2) is 60.8 Å². The Kier molecular flexibility index (Phi) is 4.82. The molecule has 3 aromatic heterocycles. The lowest BCUT2D eigenvalue weighted by atomic mass is 10.3. The number of anilines is 1. The van der Waals surface area contributed by atoms with Crippen LogP contribution in [0.25, 0.3) is 17.2 Å². The van der Waals surface area contributed by atoms with Crippen molar-refractivity contribution in [1.82, 2.24) is 24.7 Å². The maximum atomic E-state index is 14.2. The van der Waals surface area contributed by atoms with E-state index in [0.29, 0.717) is 28.7 Å². The molecule has 0 aliphatic rings. The van der Waals surface area contributed by atoms with Crippen molar-refractivity contribution < 1.29 is 9.18 Å². The van der Waals surface area contributed by atoms with Crippen molar-refractivity contribution in [3.8, 4) is 17.2 Å². The maximum absolute atomic E-state index is 14.2. The molecule has 0 saturated heterocycles. The molecule has 1 aromatic carbocycles. The first-order valence-electron chi connectivity index (χ1n) is 8.91. The normalized spacial score (nSPS) is 10.7. The fourth-order valence-electron chi connectivity index (χ4n) is 2.89. The molecule has 0 atom stereocenters. The Hall–Kier alpha value is -3.94. The number of benzene rings is 1. The van der Waals surface area contributed by atoms with Crippen LogP contribution in [0.4, 0.5) is 10.2 Å². The zero-order valence-electron chi connectivity index (χ0n) is 15.8. The number of nitrogens with one attached hydrogen (secondary N) is 1. The van der Waals surface area contributed by atoms with Gasteiger partial charge in [-0.3, -0.25) is 9.78 Å². The number of hydrogen-bond acceptors (Lipinski definition) is 5. The van der Waals surface area contributed by atoms with E-state index in [1.54, 1.807) is 62.5 Å². The van der Waals surface area contributed by atoms with Crippen molar-refractivity contribution in [2.75, 3.05) is 5.32 Å². The van der Waals surface area contributed by atoms with E-state index in [0.717, 1.165) is 0 Å². The molecule has 0 bridgehead atoms. The quantitative estimate of drug-likeness (QED) is 0.576. The average molecular weight is 388 g/mol. The number of hydrogen-bond donors (Lipinski definition) is 1. The number of carbonyl (C=O) groups excluding carboxylic acids is 1. The predicted molar refractivity (Wildman–Crippen MR) is 106 cm³/mol. The minimum Gasteiger partial charge on any atom is -0.305 e. The van der Waals surface area contributed by atoms with Crippen molar-refractivity contribution in [2.45, 2.75) is 13.8 Å². The first kappa shape index (κ1) is 18.4. The van der Waals surface area contributed by atoms with Crippen molar-refractivity contribution in [3.63, 3.8) is 0 Å². The second-order valence-electron chi connectivity index (χ2n) is 6.42. The fraction of sp³-hybridized carbons (Fsp3) is 0.0952. The van der Waals surface area contributed by atoms with Crippen LogP contribution in [0.3, 0.4) is 0 Å². The van der Waals surface area contributed by atoms with Gasteiger partial charge in [0, 0.05) is 18.0 Å². The Balaban J connectivity index is 1.68. The number of halogens is 1. The second kappa shape index (κ2) is 7.59. The SMILES string of the molecule is Cc1cc(NC(=O)c2cc(C)nn2-c2ccccc2F)nc(-c2ccccn2)n1.